The third-order valence-corrected chi connectivity index (χ3v) is 2.89. The van der Waals surface area contributed by atoms with Gasteiger partial charge in [-0.05, 0) is 31.5 Å². The molecule has 1 heterocycles. The van der Waals surface area contributed by atoms with Crippen molar-refractivity contribution in [3.8, 4) is 17.6 Å². The molecular weight excluding hydrogens is 222 g/mol. The summed E-state index contributed by atoms with van der Waals surface area (Å²) >= 11 is 0. The van der Waals surface area contributed by atoms with Crippen LogP contribution < -0.4 is 4.74 Å². The van der Waals surface area contributed by atoms with Gasteiger partial charge in [-0.15, -0.1) is 11.8 Å². The van der Waals surface area contributed by atoms with Crippen molar-refractivity contribution in [2.45, 2.75) is 33.2 Å². The number of benzene rings is 1. The first-order valence-electron chi connectivity index (χ1n) is 6.47. The molecule has 0 aliphatic carbocycles. The lowest BCUT2D eigenvalue weighted by atomic mass is 10.2. The molecule has 0 amide bonds. The van der Waals surface area contributed by atoms with E-state index in [0.29, 0.717) is 0 Å². The zero-order valence-electron chi connectivity index (χ0n) is 11.1. The summed E-state index contributed by atoms with van der Waals surface area (Å²) in [5, 5.41) is 1.19. The molecule has 2 heteroatoms. The highest BCUT2D eigenvalue weighted by molar-refractivity contribution is 5.86. The van der Waals surface area contributed by atoms with E-state index in [9.17, 15) is 0 Å². The molecule has 0 spiro atoms. The van der Waals surface area contributed by atoms with Crippen molar-refractivity contribution < 1.29 is 4.74 Å². The summed E-state index contributed by atoms with van der Waals surface area (Å²) in [6.07, 6.45) is 4.03. The fraction of sp³-hybridized carbons (Fsp3) is 0.375. The number of rotatable bonds is 5. The van der Waals surface area contributed by atoms with E-state index in [1.165, 1.54) is 10.9 Å². The largest absolute Gasteiger partial charge is 0.493 e. The van der Waals surface area contributed by atoms with Crippen LogP contribution >= 0.6 is 0 Å². The lowest BCUT2D eigenvalue weighted by Gasteiger charge is -2.07. The van der Waals surface area contributed by atoms with Gasteiger partial charge in [-0.3, -0.25) is 0 Å². The molecule has 0 N–H and O–H groups in total. The minimum atomic E-state index is 0.769. The van der Waals surface area contributed by atoms with Crippen LogP contribution in [0.15, 0.2) is 30.5 Å². The van der Waals surface area contributed by atoms with Crippen LogP contribution in [0.1, 0.15) is 26.7 Å². The van der Waals surface area contributed by atoms with Gasteiger partial charge in [0.15, 0.2) is 0 Å². The van der Waals surface area contributed by atoms with E-state index in [4.69, 9.17) is 4.74 Å². The average molecular weight is 241 g/mol. The van der Waals surface area contributed by atoms with Crippen LogP contribution in [0.25, 0.3) is 10.9 Å². The SMILES string of the molecule is CC#CCCn1ccc2c(OCCC)cccc21. The van der Waals surface area contributed by atoms with Crippen LogP contribution in [0.5, 0.6) is 5.75 Å². The van der Waals surface area contributed by atoms with Gasteiger partial charge < -0.3 is 9.30 Å². The van der Waals surface area contributed by atoms with E-state index < -0.39 is 0 Å². The van der Waals surface area contributed by atoms with Crippen LogP contribution in [0, 0.1) is 11.8 Å². The van der Waals surface area contributed by atoms with E-state index in [1.807, 2.05) is 13.0 Å². The maximum absolute atomic E-state index is 5.77. The Bertz CT molecular complexity index is 572. The van der Waals surface area contributed by atoms with Gasteiger partial charge in [-0.1, -0.05) is 13.0 Å². The average Bonchev–Trinajstić information content (AvgIpc) is 2.81. The first-order valence-corrected chi connectivity index (χ1v) is 6.47. The van der Waals surface area contributed by atoms with E-state index in [0.717, 1.165) is 31.7 Å². The van der Waals surface area contributed by atoms with Crippen LogP contribution in [0.4, 0.5) is 0 Å². The van der Waals surface area contributed by atoms with E-state index in [-0.39, 0.29) is 0 Å². The fourth-order valence-corrected chi connectivity index (χ4v) is 2.03. The second-order valence-electron chi connectivity index (χ2n) is 4.22. The number of hydrogen-bond acceptors (Lipinski definition) is 1. The van der Waals surface area contributed by atoms with Crippen molar-refractivity contribution in [1.82, 2.24) is 4.57 Å². The zero-order chi connectivity index (χ0) is 12.8. The Morgan fingerprint density at radius 2 is 2.17 bits per heavy atom. The van der Waals surface area contributed by atoms with Crippen molar-refractivity contribution in [3.63, 3.8) is 0 Å². The maximum Gasteiger partial charge on any atom is 0.128 e. The minimum Gasteiger partial charge on any atom is -0.493 e. The highest BCUT2D eigenvalue weighted by Crippen LogP contribution is 2.26. The van der Waals surface area contributed by atoms with Crippen molar-refractivity contribution in [2.24, 2.45) is 0 Å². The summed E-state index contributed by atoms with van der Waals surface area (Å²) in [4.78, 5) is 0. The Hall–Kier alpha value is -1.88. The second kappa shape index (κ2) is 6.16. The molecule has 0 fully saturated rings. The smallest absolute Gasteiger partial charge is 0.128 e. The molecular formula is C16H19NO. The van der Waals surface area contributed by atoms with Gasteiger partial charge in [0.1, 0.15) is 5.75 Å². The zero-order valence-corrected chi connectivity index (χ0v) is 11.1. The highest BCUT2D eigenvalue weighted by Gasteiger charge is 2.05. The van der Waals surface area contributed by atoms with Crippen LogP contribution in [-0.4, -0.2) is 11.2 Å². The summed E-state index contributed by atoms with van der Waals surface area (Å²) in [5.41, 5.74) is 1.22. The van der Waals surface area contributed by atoms with Gasteiger partial charge in [0.2, 0.25) is 0 Å². The Kier molecular flexibility index (Phi) is 4.30. The summed E-state index contributed by atoms with van der Waals surface area (Å²) < 4.78 is 8.00. The summed E-state index contributed by atoms with van der Waals surface area (Å²) in [6.45, 7) is 5.70. The molecule has 1 aromatic heterocycles. The number of ether oxygens (including phenoxy) is 1. The van der Waals surface area contributed by atoms with Gasteiger partial charge in [0.05, 0.1) is 12.1 Å². The molecule has 0 unspecified atom stereocenters. The number of aromatic nitrogens is 1. The second-order valence-corrected chi connectivity index (χ2v) is 4.22. The molecule has 0 radical (unpaired) electrons. The molecule has 2 aromatic rings. The molecule has 0 bridgehead atoms. The minimum absolute atomic E-state index is 0.769. The molecule has 2 nitrogen and oxygen atoms in total. The quantitative estimate of drug-likeness (QED) is 0.725. The molecule has 2 rings (SSSR count). The molecule has 0 saturated heterocycles. The highest BCUT2D eigenvalue weighted by atomic mass is 16.5. The first kappa shape index (κ1) is 12.6. The first-order chi connectivity index (χ1) is 8.86. The molecule has 94 valence electrons. The van der Waals surface area contributed by atoms with Crippen molar-refractivity contribution in [3.05, 3.63) is 30.5 Å². The van der Waals surface area contributed by atoms with Crippen molar-refractivity contribution in [2.75, 3.05) is 6.61 Å². The molecule has 0 aliphatic rings. The van der Waals surface area contributed by atoms with Crippen molar-refractivity contribution >= 4 is 10.9 Å². The summed E-state index contributed by atoms with van der Waals surface area (Å²) in [5.74, 6) is 7.01. The van der Waals surface area contributed by atoms with Crippen molar-refractivity contribution in [1.29, 1.82) is 0 Å². The normalized spacial score (nSPS) is 10.1. The number of fused-ring (bicyclic) bond motifs is 1. The third kappa shape index (κ3) is 2.68. The monoisotopic (exact) mass is 241 g/mol. The molecule has 1 aromatic carbocycles. The molecule has 18 heavy (non-hydrogen) atoms. The van der Waals surface area contributed by atoms with E-state index in [1.54, 1.807) is 0 Å². The van der Waals surface area contributed by atoms with Crippen LogP contribution in [-0.2, 0) is 6.54 Å². The van der Waals surface area contributed by atoms with Gasteiger partial charge in [0.25, 0.3) is 0 Å². The third-order valence-electron chi connectivity index (χ3n) is 2.89. The maximum atomic E-state index is 5.77. The molecule has 0 saturated carbocycles. The molecule has 0 atom stereocenters. The number of nitrogens with zero attached hydrogens (tertiary/aromatic N) is 1. The van der Waals surface area contributed by atoms with Gasteiger partial charge in [0, 0.05) is 24.5 Å². The molecule has 0 aliphatic heterocycles. The van der Waals surface area contributed by atoms with Gasteiger partial charge >= 0.3 is 0 Å². The number of aryl methyl sites for hydroxylation is 1. The Balaban J connectivity index is 2.25. The standard InChI is InChI=1S/C16H19NO/c1-3-5-6-11-17-12-10-14-15(17)8-7-9-16(14)18-13-4-2/h7-10,12H,4,6,11,13H2,1-2H3. The van der Waals surface area contributed by atoms with Gasteiger partial charge in [-0.25, -0.2) is 0 Å². The predicted molar refractivity (Wildman–Crippen MR) is 75.8 cm³/mol. The lowest BCUT2D eigenvalue weighted by molar-refractivity contribution is 0.321. The number of hydrogen-bond donors (Lipinski definition) is 0. The summed E-state index contributed by atoms with van der Waals surface area (Å²) in [6, 6.07) is 8.34. The fourth-order valence-electron chi connectivity index (χ4n) is 2.03. The Morgan fingerprint density at radius 1 is 1.28 bits per heavy atom. The Labute approximate surface area is 109 Å². The summed E-state index contributed by atoms with van der Waals surface area (Å²) in [7, 11) is 0. The van der Waals surface area contributed by atoms with Gasteiger partial charge in [-0.2, -0.15) is 0 Å². The Morgan fingerprint density at radius 3 is 2.94 bits per heavy atom. The lowest BCUT2D eigenvalue weighted by Crippen LogP contribution is -1.97. The topological polar surface area (TPSA) is 14.2 Å². The van der Waals surface area contributed by atoms with Crippen LogP contribution in [0.3, 0.4) is 0 Å². The van der Waals surface area contributed by atoms with E-state index >= 15 is 0 Å². The van der Waals surface area contributed by atoms with E-state index in [2.05, 4.69) is 47.7 Å². The predicted octanol–water partition coefficient (Wildman–Crippen LogP) is 3.84. The van der Waals surface area contributed by atoms with Crippen LogP contribution in [0.2, 0.25) is 0 Å².